The largest absolute Gasteiger partial charge is 0.367 e. The van der Waals surface area contributed by atoms with E-state index in [4.69, 9.17) is 11.6 Å². The Morgan fingerprint density at radius 3 is 2.73 bits per heavy atom. The van der Waals surface area contributed by atoms with Gasteiger partial charge in [0.15, 0.2) is 0 Å². The topological polar surface area (TPSA) is 37.8 Å². The molecule has 0 radical (unpaired) electrons. The van der Waals surface area contributed by atoms with Crippen molar-refractivity contribution in [2.75, 3.05) is 5.32 Å². The van der Waals surface area contributed by atoms with Crippen LogP contribution < -0.4 is 5.32 Å². The van der Waals surface area contributed by atoms with Crippen LogP contribution in [-0.2, 0) is 0 Å². The van der Waals surface area contributed by atoms with E-state index < -0.39 is 0 Å². The fourth-order valence-corrected chi connectivity index (χ4v) is 2.94. The molecule has 1 N–H and O–H groups in total. The predicted molar refractivity (Wildman–Crippen MR) is 60.0 cm³/mol. The first-order valence-corrected chi connectivity index (χ1v) is 5.88. The molecule has 1 aromatic heterocycles. The van der Waals surface area contributed by atoms with Crippen LogP contribution in [0.3, 0.4) is 0 Å². The molecule has 2 fully saturated rings. The van der Waals surface area contributed by atoms with Crippen LogP contribution >= 0.6 is 11.6 Å². The molecule has 0 aliphatic heterocycles. The van der Waals surface area contributed by atoms with Gasteiger partial charge in [-0.2, -0.15) is 0 Å². The van der Waals surface area contributed by atoms with Gasteiger partial charge in [-0.25, -0.2) is 9.97 Å². The van der Waals surface area contributed by atoms with Crippen molar-refractivity contribution in [3.05, 3.63) is 17.5 Å². The van der Waals surface area contributed by atoms with Gasteiger partial charge >= 0.3 is 0 Å². The van der Waals surface area contributed by atoms with Gasteiger partial charge in [-0.1, -0.05) is 18.0 Å². The Balaban J connectivity index is 1.58. The van der Waals surface area contributed by atoms with Crippen molar-refractivity contribution in [2.45, 2.75) is 38.1 Å². The van der Waals surface area contributed by atoms with Crippen molar-refractivity contribution in [3.8, 4) is 0 Å². The lowest BCUT2D eigenvalue weighted by Gasteiger charge is -2.54. The minimum atomic E-state index is 0.505. The summed E-state index contributed by atoms with van der Waals surface area (Å²) in [5.74, 6) is 0.856. The van der Waals surface area contributed by atoms with Crippen LogP contribution in [0.4, 0.5) is 5.82 Å². The van der Waals surface area contributed by atoms with Crippen molar-refractivity contribution in [3.63, 3.8) is 0 Å². The number of rotatable bonds is 2. The Bertz CT molecular complexity index is 368. The van der Waals surface area contributed by atoms with E-state index in [0.29, 0.717) is 16.6 Å². The summed E-state index contributed by atoms with van der Waals surface area (Å²) in [6.07, 6.45) is 8.38. The summed E-state index contributed by atoms with van der Waals surface area (Å²) in [7, 11) is 0. The van der Waals surface area contributed by atoms with Gasteiger partial charge in [0, 0.05) is 12.1 Å². The number of nitrogens with zero attached hydrogens (tertiary/aromatic N) is 2. The van der Waals surface area contributed by atoms with Gasteiger partial charge in [-0.3, -0.25) is 0 Å². The van der Waals surface area contributed by atoms with Gasteiger partial charge in [-0.05, 0) is 31.1 Å². The van der Waals surface area contributed by atoms with Crippen LogP contribution in [-0.4, -0.2) is 16.0 Å². The molecule has 3 nitrogen and oxygen atoms in total. The minimum absolute atomic E-state index is 0.505. The van der Waals surface area contributed by atoms with Crippen LogP contribution in [0.1, 0.15) is 32.1 Å². The van der Waals surface area contributed by atoms with Crippen LogP contribution in [0.25, 0.3) is 0 Å². The minimum Gasteiger partial charge on any atom is -0.367 e. The van der Waals surface area contributed by atoms with Gasteiger partial charge in [0.25, 0.3) is 0 Å². The van der Waals surface area contributed by atoms with Gasteiger partial charge in [0.2, 0.25) is 0 Å². The van der Waals surface area contributed by atoms with E-state index in [2.05, 4.69) is 15.3 Å². The third kappa shape index (κ3) is 1.69. The molecule has 1 spiro atoms. The van der Waals surface area contributed by atoms with E-state index in [-0.39, 0.29) is 0 Å². The lowest BCUT2D eigenvalue weighted by Crippen LogP contribution is -2.49. The fraction of sp³-hybridized carbons (Fsp3) is 0.636. The molecule has 0 unspecified atom stereocenters. The molecule has 2 saturated carbocycles. The van der Waals surface area contributed by atoms with Crippen molar-refractivity contribution in [2.24, 2.45) is 5.41 Å². The van der Waals surface area contributed by atoms with Gasteiger partial charge < -0.3 is 5.32 Å². The van der Waals surface area contributed by atoms with E-state index in [1.165, 1.54) is 38.4 Å². The lowest BCUT2D eigenvalue weighted by atomic mass is 9.54. The highest BCUT2D eigenvalue weighted by Crippen LogP contribution is 2.56. The summed E-state index contributed by atoms with van der Waals surface area (Å²) in [4.78, 5) is 8.01. The maximum absolute atomic E-state index is 5.79. The monoisotopic (exact) mass is 223 g/mol. The second kappa shape index (κ2) is 3.34. The van der Waals surface area contributed by atoms with E-state index in [1.807, 2.05) is 0 Å². The molecule has 2 aliphatic rings. The average Bonchev–Trinajstić information content (AvgIpc) is 2.07. The molecule has 0 bridgehead atoms. The standard InChI is InChI=1S/C11H14ClN3/c12-9-4-10(14-7-13-9)15-8-5-11(6-8)2-1-3-11/h4,7-8H,1-3,5-6H2,(H,13,14,15). The van der Waals surface area contributed by atoms with Crippen LogP contribution in [0, 0.1) is 5.41 Å². The summed E-state index contributed by atoms with van der Waals surface area (Å²) >= 11 is 5.79. The van der Waals surface area contributed by atoms with E-state index in [0.717, 1.165) is 5.82 Å². The molecule has 0 aromatic carbocycles. The van der Waals surface area contributed by atoms with Crippen LogP contribution in [0.15, 0.2) is 12.4 Å². The molecule has 0 saturated heterocycles. The highest BCUT2D eigenvalue weighted by Gasteiger charge is 2.48. The summed E-state index contributed by atoms with van der Waals surface area (Å²) in [5, 5.41) is 3.91. The Morgan fingerprint density at radius 1 is 1.33 bits per heavy atom. The highest BCUT2D eigenvalue weighted by atomic mass is 35.5. The zero-order valence-electron chi connectivity index (χ0n) is 8.54. The van der Waals surface area contributed by atoms with Crippen LogP contribution in [0.2, 0.25) is 5.15 Å². The summed E-state index contributed by atoms with van der Waals surface area (Å²) in [6.45, 7) is 0. The number of nitrogens with one attached hydrogen (secondary N) is 1. The first kappa shape index (κ1) is 9.40. The molecule has 15 heavy (non-hydrogen) atoms. The molecular formula is C11H14ClN3. The zero-order valence-corrected chi connectivity index (χ0v) is 9.30. The Morgan fingerprint density at radius 2 is 2.13 bits per heavy atom. The molecule has 0 atom stereocenters. The van der Waals surface area contributed by atoms with Gasteiger partial charge in [0.05, 0.1) is 0 Å². The predicted octanol–water partition coefficient (Wildman–Crippen LogP) is 2.87. The third-order valence-electron chi connectivity index (χ3n) is 3.76. The number of halogens is 1. The Labute approximate surface area is 94.3 Å². The summed E-state index contributed by atoms with van der Waals surface area (Å²) < 4.78 is 0. The molecule has 3 rings (SSSR count). The smallest absolute Gasteiger partial charge is 0.134 e. The fourth-order valence-electron chi connectivity index (χ4n) is 2.79. The maximum atomic E-state index is 5.79. The Kier molecular flexibility index (Phi) is 2.09. The first-order valence-electron chi connectivity index (χ1n) is 5.50. The summed E-state index contributed by atoms with van der Waals surface area (Å²) in [5.41, 5.74) is 0.703. The molecule has 4 heteroatoms. The number of hydrogen-bond donors (Lipinski definition) is 1. The number of hydrogen-bond acceptors (Lipinski definition) is 3. The van der Waals surface area contributed by atoms with Crippen molar-refractivity contribution >= 4 is 17.4 Å². The SMILES string of the molecule is Clc1cc(NC2CC3(CCC3)C2)ncn1. The van der Waals surface area contributed by atoms with Gasteiger partial charge in [0.1, 0.15) is 17.3 Å². The molecule has 1 heterocycles. The molecule has 0 amide bonds. The first-order chi connectivity index (χ1) is 7.26. The molecule has 2 aliphatic carbocycles. The Hall–Kier alpha value is -0.830. The van der Waals surface area contributed by atoms with Crippen LogP contribution in [0.5, 0.6) is 0 Å². The highest BCUT2D eigenvalue weighted by molar-refractivity contribution is 6.29. The van der Waals surface area contributed by atoms with Crippen molar-refractivity contribution in [1.82, 2.24) is 9.97 Å². The quantitative estimate of drug-likeness (QED) is 0.784. The molecule has 1 aromatic rings. The second-order valence-electron chi connectivity index (χ2n) is 4.83. The average molecular weight is 224 g/mol. The maximum Gasteiger partial charge on any atom is 0.134 e. The number of aromatic nitrogens is 2. The van der Waals surface area contributed by atoms with E-state index >= 15 is 0 Å². The number of anilines is 1. The molecule has 80 valence electrons. The normalized spacial score (nSPS) is 23.3. The third-order valence-corrected chi connectivity index (χ3v) is 3.97. The van der Waals surface area contributed by atoms with E-state index in [1.54, 1.807) is 6.07 Å². The van der Waals surface area contributed by atoms with E-state index in [9.17, 15) is 0 Å². The summed E-state index contributed by atoms with van der Waals surface area (Å²) in [6, 6.07) is 2.38. The second-order valence-corrected chi connectivity index (χ2v) is 5.22. The molecular weight excluding hydrogens is 210 g/mol. The van der Waals surface area contributed by atoms with Crippen molar-refractivity contribution < 1.29 is 0 Å². The lowest BCUT2D eigenvalue weighted by molar-refractivity contribution is 0.0191. The van der Waals surface area contributed by atoms with Crippen molar-refractivity contribution in [1.29, 1.82) is 0 Å². The zero-order chi connectivity index (χ0) is 10.3. The van der Waals surface area contributed by atoms with Gasteiger partial charge in [-0.15, -0.1) is 0 Å².